The van der Waals surface area contributed by atoms with E-state index >= 15 is 0 Å². The summed E-state index contributed by atoms with van der Waals surface area (Å²) in [5, 5.41) is 17.8. The van der Waals surface area contributed by atoms with Crippen LogP contribution in [-0.4, -0.2) is 9.13 Å². The van der Waals surface area contributed by atoms with Gasteiger partial charge >= 0.3 is 5.69 Å². The van der Waals surface area contributed by atoms with Crippen molar-refractivity contribution in [2.75, 3.05) is 0 Å². The number of nitriles is 1. The van der Waals surface area contributed by atoms with Crippen LogP contribution in [0.15, 0.2) is 38.3 Å². The first-order valence-corrected chi connectivity index (χ1v) is 7.22. The van der Waals surface area contributed by atoms with Crippen LogP contribution in [0.25, 0.3) is 22.2 Å². The average Bonchev–Trinajstić information content (AvgIpc) is 2.57. The topological polar surface area (TPSA) is 105 Å². The van der Waals surface area contributed by atoms with Crippen LogP contribution in [0.5, 0.6) is 0 Å². The number of aromatic nitrogens is 2. The summed E-state index contributed by atoms with van der Waals surface area (Å²) in [7, 11) is 2.77. The van der Waals surface area contributed by atoms with Gasteiger partial charge in [-0.2, -0.15) is 5.26 Å². The third-order valence-electron chi connectivity index (χ3n) is 3.76. The zero-order valence-corrected chi connectivity index (χ0v) is 13.5. The van der Waals surface area contributed by atoms with Gasteiger partial charge in [-0.15, -0.1) is 0 Å². The first-order chi connectivity index (χ1) is 11.4. The summed E-state index contributed by atoms with van der Waals surface area (Å²) in [6.07, 6.45) is 0. The van der Waals surface area contributed by atoms with Gasteiger partial charge in [-0.05, 0) is 17.7 Å². The zero-order valence-electron chi connectivity index (χ0n) is 12.8. The monoisotopic (exact) mass is 342 g/mol. The zero-order chi connectivity index (χ0) is 17.6. The molecule has 1 N–H and O–H groups in total. The van der Waals surface area contributed by atoms with E-state index in [4.69, 9.17) is 21.4 Å². The van der Waals surface area contributed by atoms with E-state index in [1.165, 1.54) is 14.1 Å². The van der Waals surface area contributed by atoms with Gasteiger partial charge in [0.1, 0.15) is 17.0 Å². The summed E-state index contributed by atoms with van der Waals surface area (Å²) in [5.41, 5.74) is -1.07. The van der Waals surface area contributed by atoms with Gasteiger partial charge in [-0.25, -0.2) is 4.79 Å². The van der Waals surface area contributed by atoms with E-state index in [0.717, 1.165) is 9.13 Å². The number of aryl methyl sites for hydroxylation is 1. The minimum Gasteiger partial charge on any atom is -0.421 e. The average molecular weight is 343 g/mol. The van der Waals surface area contributed by atoms with Gasteiger partial charge < -0.3 is 4.42 Å². The summed E-state index contributed by atoms with van der Waals surface area (Å²) in [6, 6.07) is 8.48. The lowest BCUT2D eigenvalue weighted by molar-refractivity contribution is 0.495. The Kier molecular flexibility index (Phi) is 3.62. The Hall–Kier alpha value is -3.11. The molecule has 0 radical (unpaired) electrons. The fourth-order valence-corrected chi connectivity index (χ4v) is 2.77. The van der Waals surface area contributed by atoms with Gasteiger partial charge in [0.25, 0.3) is 5.56 Å². The molecule has 7 nitrogen and oxygen atoms in total. The number of rotatable bonds is 1. The highest BCUT2D eigenvalue weighted by atomic mass is 35.5. The van der Waals surface area contributed by atoms with E-state index in [1.54, 1.807) is 24.3 Å². The maximum absolute atomic E-state index is 12.6. The predicted molar refractivity (Wildman–Crippen MR) is 87.7 cm³/mol. The molecule has 3 aromatic rings. The first-order valence-electron chi connectivity index (χ1n) is 6.84. The Morgan fingerprint density at radius 1 is 1.25 bits per heavy atom. The minimum atomic E-state index is -0.608. The molecule has 0 aliphatic heterocycles. The molecule has 0 saturated heterocycles. The highest BCUT2D eigenvalue weighted by Gasteiger charge is 2.21. The van der Waals surface area contributed by atoms with Crippen molar-refractivity contribution < 1.29 is 4.42 Å². The lowest BCUT2D eigenvalue weighted by Crippen LogP contribution is -2.37. The van der Waals surface area contributed by atoms with E-state index in [2.05, 4.69) is 0 Å². The fraction of sp³-hybridized carbons (Fsp3) is 0.125. The van der Waals surface area contributed by atoms with Crippen LogP contribution < -0.4 is 16.8 Å². The van der Waals surface area contributed by atoms with Crippen LogP contribution in [0.4, 0.5) is 0 Å². The normalized spacial score (nSPS) is 10.8. The quantitative estimate of drug-likeness (QED) is 0.723. The number of hydrogen-bond acceptors (Lipinski definition) is 5. The Morgan fingerprint density at radius 3 is 2.58 bits per heavy atom. The molecule has 2 aromatic heterocycles. The Morgan fingerprint density at radius 2 is 1.96 bits per heavy atom. The number of fused-ring (bicyclic) bond motifs is 1. The fourth-order valence-electron chi connectivity index (χ4n) is 2.58. The van der Waals surface area contributed by atoms with Crippen molar-refractivity contribution in [1.29, 1.82) is 10.7 Å². The van der Waals surface area contributed by atoms with Crippen molar-refractivity contribution in [3.05, 3.63) is 61.2 Å². The van der Waals surface area contributed by atoms with Crippen molar-refractivity contribution in [3.63, 3.8) is 0 Å². The molecule has 0 amide bonds. The van der Waals surface area contributed by atoms with Gasteiger partial charge in [0.05, 0.1) is 0 Å². The molecular formula is C16H11ClN4O3. The second kappa shape index (κ2) is 5.51. The van der Waals surface area contributed by atoms with Crippen molar-refractivity contribution in [3.8, 4) is 17.2 Å². The summed E-state index contributed by atoms with van der Waals surface area (Å²) in [6.45, 7) is 0. The highest BCUT2D eigenvalue weighted by Crippen LogP contribution is 2.29. The van der Waals surface area contributed by atoms with Gasteiger partial charge in [0.15, 0.2) is 0 Å². The minimum absolute atomic E-state index is 0.0504. The largest absolute Gasteiger partial charge is 0.421 e. The van der Waals surface area contributed by atoms with Crippen LogP contribution >= 0.6 is 11.6 Å². The van der Waals surface area contributed by atoms with E-state index in [1.807, 2.05) is 6.07 Å². The SMILES string of the molecule is Cn1c(=O)c2c(-c3cccc(Cl)c3)c(C#N)c(=N)oc2n(C)c1=O. The van der Waals surface area contributed by atoms with Gasteiger partial charge in [-0.1, -0.05) is 23.7 Å². The summed E-state index contributed by atoms with van der Waals surface area (Å²) in [4.78, 5) is 24.7. The Bertz CT molecular complexity index is 1210. The van der Waals surface area contributed by atoms with E-state index in [0.29, 0.717) is 10.6 Å². The van der Waals surface area contributed by atoms with Crippen LogP contribution in [0.1, 0.15) is 5.56 Å². The van der Waals surface area contributed by atoms with Crippen LogP contribution in [0, 0.1) is 16.7 Å². The third-order valence-corrected chi connectivity index (χ3v) is 4.00. The molecule has 0 aliphatic carbocycles. The van der Waals surface area contributed by atoms with Crippen LogP contribution in [-0.2, 0) is 14.1 Å². The molecule has 0 fully saturated rings. The molecule has 0 spiro atoms. The molecule has 1 aromatic carbocycles. The van der Waals surface area contributed by atoms with Crippen molar-refractivity contribution in [2.45, 2.75) is 0 Å². The molecule has 3 rings (SSSR count). The van der Waals surface area contributed by atoms with Crippen LogP contribution in [0.2, 0.25) is 5.02 Å². The third kappa shape index (κ3) is 2.16. The maximum atomic E-state index is 12.6. The highest BCUT2D eigenvalue weighted by molar-refractivity contribution is 6.30. The second-order valence-electron chi connectivity index (χ2n) is 5.19. The molecule has 8 heteroatoms. The number of nitrogens with zero attached hydrogens (tertiary/aromatic N) is 3. The number of halogens is 1. The van der Waals surface area contributed by atoms with Crippen LogP contribution in [0.3, 0.4) is 0 Å². The Balaban J connectivity index is 2.71. The molecule has 0 atom stereocenters. The van der Waals surface area contributed by atoms with Gasteiger partial charge in [-0.3, -0.25) is 19.3 Å². The lowest BCUT2D eigenvalue weighted by Gasteiger charge is -2.12. The van der Waals surface area contributed by atoms with Crippen molar-refractivity contribution >= 4 is 22.7 Å². The summed E-state index contributed by atoms with van der Waals surface area (Å²) >= 11 is 6.02. The molecule has 0 aliphatic rings. The Labute approximate surface area is 140 Å². The second-order valence-corrected chi connectivity index (χ2v) is 5.63. The molecule has 0 unspecified atom stereocenters. The first kappa shape index (κ1) is 15.8. The lowest BCUT2D eigenvalue weighted by atomic mass is 9.99. The summed E-state index contributed by atoms with van der Waals surface area (Å²) in [5.74, 6) is 0. The maximum Gasteiger partial charge on any atom is 0.333 e. The molecule has 0 saturated carbocycles. The van der Waals surface area contributed by atoms with Gasteiger partial charge in [0, 0.05) is 24.7 Å². The molecule has 24 heavy (non-hydrogen) atoms. The standard InChI is InChI=1S/C16H11ClN4O3/c1-20-14(22)12-11(8-4-3-5-9(17)6-8)10(7-18)13(19)24-15(12)21(2)16(20)23/h3-6,19H,1-2H3. The molecule has 0 bridgehead atoms. The van der Waals surface area contributed by atoms with Crippen molar-refractivity contribution in [1.82, 2.24) is 9.13 Å². The van der Waals surface area contributed by atoms with Crippen molar-refractivity contribution in [2.24, 2.45) is 14.1 Å². The molecular weight excluding hydrogens is 332 g/mol. The number of benzene rings is 1. The van der Waals surface area contributed by atoms with E-state index in [9.17, 15) is 14.9 Å². The smallest absolute Gasteiger partial charge is 0.333 e. The summed E-state index contributed by atoms with van der Waals surface area (Å²) < 4.78 is 7.34. The molecule has 2 heterocycles. The number of hydrogen-bond donors (Lipinski definition) is 1. The molecule has 120 valence electrons. The predicted octanol–water partition coefficient (Wildman–Crippen LogP) is 1.50. The number of nitrogens with one attached hydrogen (secondary N) is 1. The van der Waals surface area contributed by atoms with Gasteiger partial charge in [0.2, 0.25) is 11.3 Å². The van der Waals surface area contributed by atoms with E-state index in [-0.39, 0.29) is 22.2 Å². The van der Waals surface area contributed by atoms with E-state index < -0.39 is 16.8 Å².